The van der Waals surface area contributed by atoms with Crippen molar-refractivity contribution in [3.63, 3.8) is 0 Å². The number of ether oxygens (including phenoxy) is 1. The number of rotatable bonds is 5. The quantitative estimate of drug-likeness (QED) is 0.667. The second kappa shape index (κ2) is 7.33. The van der Waals surface area contributed by atoms with Gasteiger partial charge in [0.25, 0.3) is 0 Å². The van der Waals surface area contributed by atoms with E-state index in [1.807, 2.05) is 0 Å². The van der Waals surface area contributed by atoms with E-state index >= 15 is 0 Å². The Balaban J connectivity index is 3.29. The summed E-state index contributed by atoms with van der Waals surface area (Å²) in [6.45, 7) is 1.13. The third-order valence-electron chi connectivity index (χ3n) is 2.47. The van der Waals surface area contributed by atoms with Crippen molar-refractivity contribution < 1.29 is 27.8 Å². The van der Waals surface area contributed by atoms with Gasteiger partial charge in [-0.25, -0.2) is 0 Å². The lowest BCUT2D eigenvalue weighted by Gasteiger charge is -2.14. The summed E-state index contributed by atoms with van der Waals surface area (Å²) in [5.74, 6) is -0.679. The van der Waals surface area contributed by atoms with Gasteiger partial charge in [-0.2, -0.15) is 18.4 Å². The number of hydrogen-bond donors (Lipinski definition) is 1. The van der Waals surface area contributed by atoms with Crippen LogP contribution in [0.25, 0.3) is 0 Å². The SMILES string of the molecule is CCOC(=O)Cc1ccc(CO)c(C#N)c1SC(F)(F)F. The van der Waals surface area contributed by atoms with Crippen LogP contribution in [-0.2, 0) is 22.6 Å². The number of carbonyl (C=O) groups excluding carboxylic acids is 1. The standard InChI is InChI=1S/C13H12F3NO3S/c1-2-20-11(19)5-8-3-4-9(7-18)10(6-17)12(8)21-13(14,15)16/h3-4,18H,2,5,7H2,1H3. The van der Waals surface area contributed by atoms with Crippen LogP contribution in [0.5, 0.6) is 0 Å². The molecule has 0 saturated heterocycles. The van der Waals surface area contributed by atoms with Crippen LogP contribution in [0.15, 0.2) is 17.0 Å². The molecule has 0 bridgehead atoms. The first-order valence-electron chi connectivity index (χ1n) is 5.89. The molecule has 1 N–H and O–H groups in total. The lowest BCUT2D eigenvalue weighted by atomic mass is 10.0. The maximum atomic E-state index is 12.6. The number of benzene rings is 1. The van der Waals surface area contributed by atoms with Gasteiger partial charge in [-0.1, -0.05) is 12.1 Å². The van der Waals surface area contributed by atoms with Crippen LogP contribution in [0.2, 0.25) is 0 Å². The first-order valence-corrected chi connectivity index (χ1v) is 6.71. The summed E-state index contributed by atoms with van der Waals surface area (Å²) >= 11 is -0.473. The minimum Gasteiger partial charge on any atom is -0.466 e. The van der Waals surface area contributed by atoms with E-state index in [-0.39, 0.29) is 34.6 Å². The largest absolute Gasteiger partial charge is 0.466 e. The van der Waals surface area contributed by atoms with Crippen molar-refractivity contribution in [3.8, 4) is 6.07 Å². The van der Waals surface area contributed by atoms with Gasteiger partial charge >= 0.3 is 11.5 Å². The Hall–Kier alpha value is -1.72. The van der Waals surface area contributed by atoms with Crippen molar-refractivity contribution in [2.24, 2.45) is 0 Å². The molecule has 114 valence electrons. The molecule has 0 aromatic heterocycles. The number of hydrogen-bond acceptors (Lipinski definition) is 5. The molecule has 4 nitrogen and oxygen atoms in total. The van der Waals surface area contributed by atoms with Crippen molar-refractivity contribution in [3.05, 3.63) is 28.8 Å². The van der Waals surface area contributed by atoms with E-state index in [2.05, 4.69) is 0 Å². The Kier molecular flexibility index (Phi) is 6.05. The predicted molar refractivity (Wildman–Crippen MR) is 69.3 cm³/mol. The topological polar surface area (TPSA) is 70.3 Å². The molecule has 0 fully saturated rings. The number of halogens is 3. The smallest absolute Gasteiger partial charge is 0.446 e. The molecular weight excluding hydrogens is 307 g/mol. The van der Waals surface area contributed by atoms with E-state index in [1.165, 1.54) is 12.1 Å². The fourth-order valence-corrected chi connectivity index (χ4v) is 2.44. The minimum absolute atomic E-state index is 0.0459. The molecule has 1 rings (SSSR count). The van der Waals surface area contributed by atoms with Gasteiger partial charge in [0.2, 0.25) is 0 Å². The van der Waals surface area contributed by atoms with Gasteiger partial charge in [-0.15, -0.1) is 0 Å². The molecule has 0 saturated carbocycles. The first kappa shape index (κ1) is 17.3. The maximum Gasteiger partial charge on any atom is 0.446 e. The number of esters is 1. The van der Waals surface area contributed by atoms with Gasteiger partial charge in [0, 0.05) is 4.90 Å². The number of carbonyl (C=O) groups is 1. The number of alkyl halides is 3. The van der Waals surface area contributed by atoms with Crippen LogP contribution in [0, 0.1) is 11.3 Å². The van der Waals surface area contributed by atoms with Crippen LogP contribution in [-0.4, -0.2) is 23.2 Å². The van der Waals surface area contributed by atoms with Gasteiger partial charge in [0.15, 0.2) is 0 Å². The van der Waals surface area contributed by atoms with E-state index in [1.54, 1.807) is 13.0 Å². The van der Waals surface area contributed by atoms with Crippen LogP contribution >= 0.6 is 11.8 Å². The molecule has 0 atom stereocenters. The molecule has 8 heteroatoms. The molecule has 0 unspecified atom stereocenters. The fraction of sp³-hybridized carbons (Fsp3) is 0.385. The number of aliphatic hydroxyl groups excluding tert-OH is 1. The molecule has 0 amide bonds. The number of aliphatic hydroxyl groups is 1. The summed E-state index contributed by atoms with van der Waals surface area (Å²) in [5, 5.41) is 18.1. The third-order valence-corrected chi connectivity index (χ3v) is 3.37. The predicted octanol–water partition coefficient (Wildman–Crippen LogP) is 2.77. The zero-order chi connectivity index (χ0) is 16.0. The van der Waals surface area contributed by atoms with Crippen molar-refractivity contribution in [1.82, 2.24) is 0 Å². The molecule has 0 aliphatic carbocycles. The lowest BCUT2D eigenvalue weighted by molar-refractivity contribution is -0.142. The average molecular weight is 319 g/mol. The zero-order valence-corrected chi connectivity index (χ0v) is 11.8. The Morgan fingerprint density at radius 3 is 2.52 bits per heavy atom. The van der Waals surface area contributed by atoms with E-state index < -0.39 is 29.8 Å². The van der Waals surface area contributed by atoms with Crippen LogP contribution in [0.4, 0.5) is 13.2 Å². The highest BCUT2D eigenvalue weighted by Crippen LogP contribution is 2.41. The van der Waals surface area contributed by atoms with E-state index in [4.69, 9.17) is 15.1 Å². The summed E-state index contributed by atoms with van der Waals surface area (Å²) in [7, 11) is 0. The molecule has 0 aliphatic heterocycles. The first-order chi connectivity index (χ1) is 9.82. The molecule has 0 aliphatic rings. The Morgan fingerprint density at radius 2 is 2.05 bits per heavy atom. The van der Waals surface area contributed by atoms with Crippen molar-refractivity contribution in [1.29, 1.82) is 5.26 Å². The summed E-state index contributed by atoms with van der Waals surface area (Å²) in [4.78, 5) is 11.1. The molecule has 0 radical (unpaired) electrons. The molecular formula is C13H12F3NO3S. The summed E-state index contributed by atoms with van der Waals surface area (Å²) in [5.41, 5.74) is -4.76. The Labute approximate surface area is 123 Å². The average Bonchev–Trinajstić information content (AvgIpc) is 2.39. The van der Waals surface area contributed by atoms with E-state index in [9.17, 15) is 18.0 Å². The normalized spacial score (nSPS) is 11.0. The van der Waals surface area contributed by atoms with Crippen molar-refractivity contribution in [2.75, 3.05) is 6.61 Å². The molecule has 21 heavy (non-hydrogen) atoms. The van der Waals surface area contributed by atoms with E-state index in [0.29, 0.717) is 0 Å². The summed E-state index contributed by atoms with van der Waals surface area (Å²) in [6.07, 6.45) is -0.368. The number of thioether (sulfide) groups is 1. The summed E-state index contributed by atoms with van der Waals surface area (Å²) in [6, 6.07) is 4.27. The molecule has 0 heterocycles. The van der Waals surface area contributed by atoms with Crippen molar-refractivity contribution >= 4 is 17.7 Å². The fourth-order valence-electron chi connectivity index (χ4n) is 1.66. The molecule has 1 aromatic rings. The second-order valence-electron chi connectivity index (χ2n) is 3.89. The van der Waals surface area contributed by atoms with Crippen molar-refractivity contribution in [2.45, 2.75) is 30.4 Å². The van der Waals surface area contributed by atoms with Gasteiger partial charge in [0.1, 0.15) is 6.07 Å². The van der Waals surface area contributed by atoms with E-state index in [0.717, 1.165) is 0 Å². The highest BCUT2D eigenvalue weighted by Gasteiger charge is 2.33. The second-order valence-corrected chi connectivity index (χ2v) is 4.96. The zero-order valence-electron chi connectivity index (χ0n) is 11.0. The maximum absolute atomic E-state index is 12.6. The highest BCUT2D eigenvalue weighted by molar-refractivity contribution is 8.00. The Morgan fingerprint density at radius 1 is 1.43 bits per heavy atom. The van der Waals surface area contributed by atoms with Crippen LogP contribution in [0.1, 0.15) is 23.6 Å². The molecule has 0 spiro atoms. The number of nitrogens with zero attached hydrogens (tertiary/aromatic N) is 1. The van der Waals surface area contributed by atoms with Gasteiger partial charge in [-0.05, 0) is 29.8 Å². The third kappa shape index (κ3) is 4.95. The lowest BCUT2D eigenvalue weighted by Crippen LogP contribution is -2.11. The monoisotopic (exact) mass is 319 g/mol. The van der Waals surface area contributed by atoms with Gasteiger partial charge in [0.05, 0.1) is 25.2 Å². The summed E-state index contributed by atoms with van der Waals surface area (Å²) < 4.78 is 42.6. The Bertz CT molecular complexity index is 567. The van der Waals surface area contributed by atoms with Gasteiger partial charge in [-0.3, -0.25) is 4.79 Å². The number of nitriles is 1. The minimum atomic E-state index is -4.61. The van der Waals surface area contributed by atoms with Crippen LogP contribution < -0.4 is 0 Å². The molecule has 1 aromatic carbocycles. The van der Waals surface area contributed by atoms with Gasteiger partial charge < -0.3 is 9.84 Å². The van der Waals surface area contributed by atoms with Crippen LogP contribution in [0.3, 0.4) is 0 Å². The highest BCUT2D eigenvalue weighted by atomic mass is 32.2.